The van der Waals surface area contributed by atoms with Crippen molar-refractivity contribution in [1.29, 1.82) is 0 Å². The molecule has 0 unspecified atom stereocenters. The van der Waals surface area contributed by atoms with Crippen molar-refractivity contribution in [3.8, 4) is 22.7 Å². The maximum Gasteiger partial charge on any atom is 0.226 e. The lowest BCUT2D eigenvalue weighted by Gasteiger charge is -2.27. The molecule has 6 nitrogen and oxygen atoms in total. The zero-order valence-corrected chi connectivity index (χ0v) is 14.8. The first-order chi connectivity index (χ1) is 13.4. The second-order valence-corrected chi connectivity index (χ2v) is 6.57. The van der Waals surface area contributed by atoms with Crippen LogP contribution in [0.25, 0.3) is 33.6 Å². The van der Waals surface area contributed by atoms with Gasteiger partial charge in [0.05, 0.1) is 17.5 Å². The first-order valence-corrected chi connectivity index (χ1v) is 9.11. The molecular weight excluding hydrogens is 338 g/mol. The number of nitrogens with one attached hydrogen (secondary N) is 1. The van der Waals surface area contributed by atoms with Crippen molar-refractivity contribution < 1.29 is 4.42 Å². The van der Waals surface area contributed by atoms with Gasteiger partial charge in [-0.15, -0.1) is 0 Å². The van der Waals surface area contributed by atoms with Crippen LogP contribution in [0.3, 0.4) is 0 Å². The molecule has 1 saturated heterocycles. The number of piperazine rings is 1. The standard InChI is InChI=1S/C21H19N5O/c1-2-5-17-15(4-1)12-16(14-23-17)18-13-19(20-6-3-11-27-20)25-21(24-18)26-9-7-22-8-10-26/h1-6,11-14,22H,7-10H2. The van der Waals surface area contributed by atoms with E-state index in [1.165, 1.54) is 0 Å². The number of rotatable bonds is 3. The van der Waals surface area contributed by atoms with E-state index in [1.54, 1.807) is 6.26 Å². The smallest absolute Gasteiger partial charge is 0.226 e. The van der Waals surface area contributed by atoms with Gasteiger partial charge in [-0.3, -0.25) is 4.98 Å². The maximum atomic E-state index is 5.59. The summed E-state index contributed by atoms with van der Waals surface area (Å²) in [6, 6.07) is 16.0. The van der Waals surface area contributed by atoms with Crippen LogP contribution in [0.1, 0.15) is 0 Å². The predicted octanol–water partition coefficient (Wildman–Crippen LogP) is 3.36. The minimum Gasteiger partial charge on any atom is -0.463 e. The Kier molecular flexibility index (Phi) is 4.03. The molecule has 1 fully saturated rings. The lowest BCUT2D eigenvalue weighted by Crippen LogP contribution is -2.44. The van der Waals surface area contributed by atoms with Gasteiger partial charge < -0.3 is 14.6 Å². The van der Waals surface area contributed by atoms with Crippen LogP contribution in [0, 0.1) is 0 Å². The Morgan fingerprint density at radius 2 is 1.78 bits per heavy atom. The second kappa shape index (κ2) is 6.81. The SMILES string of the molecule is c1coc(-c2cc(-c3cnc4ccccc4c3)nc(N3CCNCC3)n2)c1. The van der Waals surface area contributed by atoms with Crippen LogP contribution in [-0.2, 0) is 0 Å². The van der Waals surface area contributed by atoms with Gasteiger partial charge in [-0.25, -0.2) is 9.97 Å². The van der Waals surface area contributed by atoms with Crippen molar-refractivity contribution in [3.05, 3.63) is 61.0 Å². The van der Waals surface area contributed by atoms with Crippen LogP contribution < -0.4 is 10.2 Å². The molecule has 3 aromatic heterocycles. The van der Waals surface area contributed by atoms with Gasteiger partial charge >= 0.3 is 0 Å². The van der Waals surface area contributed by atoms with E-state index in [4.69, 9.17) is 14.4 Å². The first kappa shape index (κ1) is 16.0. The average Bonchev–Trinajstić information content (AvgIpc) is 3.29. The van der Waals surface area contributed by atoms with Crippen molar-refractivity contribution >= 4 is 16.9 Å². The highest BCUT2D eigenvalue weighted by Gasteiger charge is 2.17. The molecule has 5 rings (SSSR count). The molecule has 1 aliphatic rings. The first-order valence-electron chi connectivity index (χ1n) is 9.11. The third-order valence-electron chi connectivity index (χ3n) is 4.77. The fourth-order valence-corrected chi connectivity index (χ4v) is 3.35. The Hall–Kier alpha value is -3.25. The molecule has 0 saturated carbocycles. The molecule has 1 aromatic carbocycles. The summed E-state index contributed by atoms with van der Waals surface area (Å²) >= 11 is 0. The fourth-order valence-electron chi connectivity index (χ4n) is 3.35. The summed E-state index contributed by atoms with van der Waals surface area (Å²) in [7, 11) is 0. The average molecular weight is 357 g/mol. The van der Waals surface area contributed by atoms with Gasteiger partial charge in [-0.1, -0.05) is 18.2 Å². The number of hydrogen-bond acceptors (Lipinski definition) is 6. The zero-order valence-electron chi connectivity index (χ0n) is 14.8. The van der Waals surface area contributed by atoms with E-state index < -0.39 is 0 Å². The second-order valence-electron chi connectivity index (χ2n) is 6.57. The van der Waals surface area contributed by atoms with E-state index in [9.17, 15) is 0 Å². The summed E-state index contributed by atoms with van der Waals surface area (Å²) in [5.41, 5.74) is 3.58. The van der Waals surface area contributed by atoms with Gasteiger partial charge in [-0.2, -0.15) is 0 Å². The normalized spacial score (nSPS) is 14.6. The van der Waals surface area contributed by atoms with Crippen LogP contribution in [0.4, 0.5) is 5.95 Å². The Morgan fingerprint density at radius 1 is 0.926 bits per heavy atom. The molecule has 4 heterocycles. The molecule has 0 spiro atoms. The topological polar surface area (TPSA) is 67.1 Å². The van der Waals surface area contributed by atoms with E-state index in [-0.39, 0.29) is 0 Å². The minimum absolute atomic E-state index is 0.730. The lowest BCUT2D eigenvalue weighted by atomic mass is 10.1. The number of fused-ring (bicyclic) bond motifs is 1. The molecular formula is C21H19N5O. The van der Waals surface area contributed by atoms with Crippen molar-refractivity contribution in [2.75, 3.05) is 31.1 Å². The fraction of sp³-hybridized carbons (Fsp3) is 0.190. The van der Waals surface area contributed by atoms with Crippen LogP contribution >= 0.6 is 0 Å². The lowest BCUT2D eigenvalue weighted by molar-refractivity contribution is 0.573. The summed E-state index contributed by atoms with van der Waals surface area (Å²) in [6.07, 6.45) is 3.54. The van der Waals surface area contributed by atoms with Gasteiger partial charge in [0.15, 0.2) is 5.76 Å². The number of anilines is 1. The predicted molar refractivity (Wildman–Crippen MR) is 106 cm³/mol. The summed E-state index contributed by atoms with van der Waals surface area (Å²) in [4.78, 5) is 16.4. The summed E-state index contributed by atoms with van der Waals surface area (Å²) < 4.78 is 5.59. The van der Waals surface area contributed by atoms with E-state index in [0.717, 1.165) is 65.7 Å². The molecule has 0 radical (unpaired) electrons. The van der Waals surface area contributed by atoms with E-state index >= 15 is 0 Å². The Morgan fingerprint density at radius 3 is 2.63 bits per heavy atom. The molecule has 6 heteroatoms. The monoisotopic (exact) mass is 357 g/mol. The Bertz CT molecular complexity index is 1070. The van der Waals surface area contributed by atoms with Gasteiger partial charge in [0.25, 0.3) is 0 Å². The number of hydrogen-bond donors (Lipinski definition) is 1. The van der Waals surface area contributed by atoms with Crippen molar-refractivity contribution in [1.82, 2.24) is 20.3 Å². The van der Waals surface area contributed by atoms with Crippen LogP contribution in [0.2, 0.25) is 0 Å². The molecule has 0 aliphatic carbocycles. The molecule has 1 aliphatic heterocycles. The molecule has 1 N–H and O–H groups in total. The van der Waals surface area contributed by atoms with E-state index in [1.807, 2.05) is 42.6 Å². The van der Waals surface area contributed by atoms with Crippen LogP contribution in [0.15, 0.2) is 65.4 Å². The minimum atomic E-state index is 0.730. The van der Waals surface area contributed by atoms with Crippen LogP contribution in [-0.4, -0.2) is 41.1 Å². The van der Waals surface area contributed by atoms with Crippen LogP contribution in [0.5, 0.6) is 0 Å². The van der Waals surface area contributed by atoms with Gasteiger partial charge in [-0.05, 0) is 30.3 Å². The van der Waals surface area contributed by atoms with Crippen molar-refractivity contribution in [2.24, 2.45) is 0 Å². The number of aromatic nitrogens is 3. The third-order valence-corrected chi connectivity index (χ3v) is 4.77. The van der Waals surface area contributed by atoms with E-state index in [2.05, 4.69) is 27.3 Å². The Labute approximate surface area is 156 Å². The summed E-state index contributed by atoms with van der Waals surface area (Å²) in [5, 5.41) is 4.46. The van der Waals surface area contributed by atoms with E-state index in [0.29, 0.717) is 0 Å². The molecule has 0 amide bonds. The molecule has 0 atom stereocenters. The highest BCUT2D eigenvalue weighted by Crippen LogP contribution is 2.28. The number of nitrogens with zero attached hydrogens (tertiary/aromatic N) is 4. The number of para-hydroxylation sites is 1. The van der Waals surface area contributed by atoms with Gasteiger partial charge in [0.1, 0.15) is 5.69 Å². The quantitative estimate of drug-likeness (QED) is 0.606. The highest BCUT2D eigenvalue weighted by molar-refractivity contribution is 5.83. The largest absolute Gasteiger partial charge is 0.463 e. The molecule has 4 aromatic rings. The number of furan rings is 1. The molecule has 27 heavy (non-hydrogen) atoms. The van der Waals surface area contributed by atoms with Gasteiger partial charge in [0, 0.05) is 43.3 Å². The number of benzene rings is 1. The third kappa shape index (κ3) is 3.15. The maximum absolute atomic E-state index is 5.59. The highest BCUT2D eigenvalue weighted by atomic mass is 16.3. The Balaban J connectivity index is 1.64. The molecule has 0 bridgehead atoms. The number of pyridine rings is 1. The summed E-state index contributed by atoms with van der Waals surface area (Å²) in [6.45, 7) is 3.64. The van der Waals surface area contributed by atoms with Crippen molar-refractivity contribution in [2.45, 2.75) is 0 Å². The zero-order chi connectivity index (χ0) is 18.1. The van der Waals surface area contributed by atoms with Crippen molar-refractivity contribution in [3.63, 3.8) is 0 Å². The summed E-state index contributed by atoms with van der Waals surface area (Å²) in [5.74, 6) is 1.47. The molecule has 134 valence electrons. The van der Waals surface area contributed by atoms with Gasteiger partial charge in [0.2, 0.25) is 5.95 Å².